The van der Waals surface area contributed by atoms with Crippen molar-refractivity contribution in [2.45, 2.75) is 78.3 Å². The number of benzene rings is 2. The largest absolute Gasteiger partial charge is 0.340 e. The zero-order valence-corrected chi connectivity index (χ0v) is 24.6. The molecule has 4 heteroatoms. The van der Waals surface area contributed by atoms with Crippen molar-refractivity contribution in [2.24, 2.45) is 11.7 Å². The van der Waals surface area contributed by atoms with Crippen LogP contribution >= 0.6 is 0 Å². The molecule has 3 atom stereocenters. The van der Waals surface area contributed by atoms with Gasteiger partial charge in [0.15, 0.2) is 5.83 Å². The zero-order chi connectivity index (χ0) is 29.6. The number of rotatable bonds is 5. The maximum atomic E-state index is 13.4. The Hall–Kier alpha value is -3.55. The molecule has 1 aliphatic carbocycles. The molecular weight excluding hydrogens is 481 g/mol. The molecule has 1 aliphatic heterocycles. The summed E-state index contributed by atoms with van der Waals surface area (Å²) >= 11 is 0. The molecule has 1 saturated carbocycles. The first-order valence-electron chi connectivity index (χ1n) is 13.8. The molecule has 2 aromatic carbocycles. The summed E-state index contributed by atoms with van der Waals surface area (Å²) in [4.78, 5) is 1.91. The van der Waals surface area contributed by atoms with Crippen LogP contribution in [-0.2, 0) is 12.8 Å². The fraction of sp³-hybridized carbons (Fsp3) is 0.371. The summed E-state index contributed by atoms with van der Waals surface area (Å²) in [6.45, 7) is 19.2. The fourth-order valence-corrected chi connectivity index (χ4v) is 4.25. The Morgan fingerprint density at radius 1 is 1.05 bits per heavy atom. The van der Waals surface area contributed by atoms with E-state index in [1.807, 2.05) is 36.9 Å². The third-order valence-electron chi connectivity index (χ3n) is 5.99. The maximum Gasteiger partial charge on any atom is 0.162 e. The monoisotopic (exact) mass is 531 g/mol. The number of nitrogens with zero attached hydrogens (tertiary/aromatic N) is 1. The van der Waals surface area contributed by atoms with Crippen LogP contribution in [0, 0.1) is 18.8 Å². The van der Waals surface area contributed by atoms with Crippen molar-refractivity contribution in [2.75, 3.05) is 0 Å². The van der Waals surface area contributed by atoms with E-state index in [0.717, 1.165) is 31.0 Å². The molecule has 3 N–H and O–H groups in total. The van der Waals surface area contributed by atoms with Crippen molar-refractivity contribution in [3.8, 4) is 12.8 Å². The van der Waals surface area contributed by atoms with E-state index in [4.69, 9.17) is 5.73 Å². The molecular formula is C35H50FN3. The van der Waals surface area contributed by atoms with Crippen LogP contribution in [-0.4, -0.2) is 17.0 Å². The van der Waals surface area contributed by atoms with Crippen LogP contribution < -0.4 is 11.1 Å². The molecule has 1 heterocycles. The average Bonchev–Trinajstić information content (AvgIpc) is 3.35. The highest BCUT2D eigenvalue weighted by molar-refractivity contribution is 5.29. The first kappa shape index (κ1) is 35.5. The number of nitrogens with one attached hydrogen (secondary N) is 1. The summed E-state index contributed by atoms with van der Waals surface area (Å²) in [7, 11) is 0. The molecule has 2 aromatic rings. The Labute approximate surface area is 238 Å². The van der Waals surface area contributed by atoms with E-state index in [1.54, 1.807) is 6.08 Å². The van der Waals surface area contributed by atoms with Gasteiger partial charge in [0.2, 0.25) is 0 Å². The number of allylic oxidation sites excluding steroid dienone is 2. The maximum absolute atomic E-state index is 13.4. The van der Waals surface area contributed by atoms with Crippen molar-refractivity contribution in [3.63, 3.8) is 0 Å². The number of hydrogen-bond donors (Lipinski definition) is 2. The van der Waals surface area contributed by atoms with Gasteiger partial charge in [0.1, 0.15) is 5.82 Å². The molecule has 2 aliphatic rings. The van der Waals surface area contributed by atoms with Gasteiger partial charge < -0.3 is 16.0 Å². The van der Waals surface area contributed by atoms with E-state index in [0.29, 0.717) is 11.7 Å². The number of nitrogens with two attached hydrogens (primary N) is 1. The van der Waals surface area contributed by atoms with Gasteiger partial charge in [-0.2, -0.15) is 0 Å². The Morgan fingerprint density at radius 2 is 1.56 bits per heavy atom. The Morgan fingerprint density at radius 3 is 2.00 bits per heavy atom. The van der Waals surface area contributed by atoms with Gasteiger partial charge in [0, 0.05) is 18.3 Å². The lowest BCUT2D eigenvalue weighted by molar-refractivity contribution is 0.302. The van der Waals surface area contributed by atoms with Crippen molar-refractivity contribution in [1.82, 2.24) is 10.2 Å². The minimum Gasteiger partial charge on any atom is -0.340 e. The standard InChI is InChI=1S/C12H17FN2.C9H13N.C9H12.C3H6.C2H2/c1-8-4-5-11(6-8)15-7-12(13)9(2)14-10(15)3;1-8(10)7-9-5-3-2-4-6-9;1-2-6-9-7-4-3-5-8-9;1-3-2;1-2/h7-8,11,14H,2-6H2,1H3;2-6,8H,7,10H2,1H3;3-5,7-8H,2,6H2,1H3;3H,1H2,2H3;1-2H. The summed E-state index contributed by atoms with van der Waals surface area (Å²) in [6, 6.07) is 21.5. The summed E-state index contributed by atoms with van der Waals surface area (Å²) in [5.41, 5.74) is 8.69. The minimum absolute atomic E-state index is 0.266. The SMILES string of the molecule is C#C.C=C1NC(=C)N(C2CCC(C)C2)C=C1F.C=CC.CC(N)Cc1ccccc1.CCCc1ccccc1. The highest BCUT2D eigenvalue weighted by atomic mass is 19.1. The lowest BCUT2D eigenvalue weighted by atomic mass is 10.1. The highest BCUT2D eigenvalue weighted by Crippen LogP contribution is 2.32. The Balaban J connectivity index is 0.000000530. The van der Waals surface area contributed by atoms with Gasteiger partial charge in [-0.15, -0.1) is 19.4 Å². The average molecular weight is 532 g/mol. The summed E-state index contributed by atoms with van der Waals surface area (Å²) in [5.74, 6) is 1.17. The van der Waals surface area contributed by atoms with Crippen LogP contribution in [0.25, 0.3) is 0 Å². The lowest BCUT2D eigenvalue weighted by Crippen LogP contribution is -2.37. The summed E-state index contributed by atoms with van der Waals surface area (Å²) < 4.78 is 13.4. The van der Waals surface area contributed by atoms with Gasteiger partial charge >= 0.3 is 0 Å². The van der Waals surface area contributed by atoms with E-state index in [1.165, 1.54) is 36.6 Å². The van der Waals surface area contributed by atoms with Gasteiger partial charge in [-0.1, -0.05) is 100 Å². The summed E-state index contributed by atoms with van der Waals surface area (Å²) in [6.07, 6.45) is 18.1. The van der Waals surface area contributed by atoms with E-state index >= 15 is 0 Å². The van der Waals surface area contributed by atoms with E-state index in [-0.39, 0.29) is 11.9 Å². The van der Waals surface area contributed by atoms with Crippen molar-refractivity contribution < 1.29 is 4.39 Å². The second-order valence-electron chi connectivity index (χ2n) is 9.82. The van der Waals surface area contributed by atoms with E-state index in [9.17, 15) is 4.39 Å². The Bertz CT molecular complexity index is 992. The molecule has 0 saturated heterocycles. The molecule has 0 amide bonds. The predicted octanol–water partition coefficient (Wildman–Crippen LogP) is 8.53. The van der Waals surface area contributed by atoms with Crippen molar-refractivity contribution in [1.29, 1.82) is 0 Å². The molecule has 0 aromatic heterocycles. The smallest absolute Gasteiger partial charge is 0.162 e. The Kier molecular flexibility index (Phi) is 19.4. The molecule has 4 rings (SSSR count). The molecule has 3 nitrogen and oxygen atoms in total. The quantitative estimate of drug-likeness (QED) is 0.300. The van der Waals surface area contributed by atoms with E-state index in [2.05, 4.69) is 94.2 Å². The van der Waals surface area contributed by atoms with Crippen LogP contribution in [0.15, 0.2) is 110 Å². The van der Waals surface area contributed by atoms with E-state index < -0.39 is 0 Å². The normalized spacial score (nSPS) is 18.1. The van der Waals surface area contributed by atoms with Crippen LogP contribution in [0.3, 0.4) is 0 Å². The second kappa shape index (κ2) is 21.4. The van der Waals surface area contributed by atoms with Crippen LogP contribution in [0.1, 0.15) is 64.5 Å². The predicted molar refractivity (Wildman–Crippen MR) is 169 cm³/mol. The highest BCUT2D eigenvalue weighted by Gasteiger charge is 2.29. The number of aryl methyl sites for hydroxylation is 1. The molecule has 39 heavy (non-hydrogen) atoms. The first-order chi connectivity index (χ1) is 18.7. The van der Waals surface area contributed by atoms with Gasteiger partial charge in [0.25, 0.3) is 0 Å². The molecule has 0 bridgehead atoms. The fourth-order valence-electron chi connectivity index (χ4n) is 4.25. The molecule has 212 valence electrons. The summed E-state index contributed by atoms with van der Waals surface area (Å²) in [5, 5.41) is 2.86. The molecule has 1 fully saturated rings. The lowest BCUT2D eigenvalue weighted by Gasteiger charge is -2.33. The van der Waals surface area contributed by atoms with Gasteiger partial charge in [0.05, 0.1) is 5.70 Å². The van der Waals surface area contributed by atoms with Crippen molar-refractivity contribution in [3.05, 3.63) is 121 Å². The molecule has 0 spiro atoms. The van der Waals surface area contributed by atoms with Crippen LogP contribution in [0.2, 0.25) is 0 Å². The minimum atomic E-state index is -0.290. The first-order valence-corrected chi connectivity index (χ1v) is 13.8. The zero-order valence-electron chi connectivity index (χ0n) is 24.6. The third-order valence-corrected chi connectivity index (χ3v) is 5.99. The van der Waals surface area contributed by atoms with Crippen LogP contribution in [0.4, 0.5) is 4.39 Å². The van der Waals surface area contributed by atoms with Gasteiger partial charge in [-0.3, -0.25) is 0 Å². The number of hydrogen-bond acceptors (Lipinski definition) is 3. The van der Waals surface area contributed by atoms with Crippen molar-refractivity contribution >= 4 is 0 Å². The van der Waals surface area contributed by atoms with Crippen LogP contribution in [0.5, 0.6) is 0 Å². The van der Waals surface area contributed by atoms with Gasteiger partial charge in [-0.05, 0) is 63.0 Å². The number of halogens is 1. The second-order valence-corrected chi connectivity index (χ2v) is 9.82. The third kappa shape index (κ3) is 15.5. The molecule has 0 radical (unpaired) electrons. The van der Waals surface area contributed by atoms with Gasteiger partial charge in [-0.25, -0.2) is 4.39 Å². The number of terminal acetylenes is 1. The topological polar surface area (TPSA) is 41.3 Å². The molecule has 3 unspecified atom stereocenters.